The lowest BCUT2D eigenvalue weighted by molar-refractivity contribution is -0.124. The van der Waals surface area contributed by atoms with Gasteiger partial charge in [0.2, 0.25) is 5.91 Å². The van der Waals surface area contributed by atoms with E-state index < -0.39 is 0 Å². The van der Waals surface area contributed by atoms with Gasteiger partial charge >= 0.3 is 0 Å². The van der Waals surface area contributed by atoms with Crippen LogP contribution in [-0.2, 0) is 4.79 Å². The Morgan fingerprint density at radius 3 is 2.58 bits per heavy atom. The van der Waals surface area contributed by atoms with E-state index in [-0.39, 0.29) is 17.7 Å². The minimum atomic E-state index is -0.242. The second kappa shape index (κ2) is 6.22. The van der Waals surface area contributed by atoms with Crippen LogP contribution in [0.2, 0.25) is 0 Å². The summed E-state index contributed by atoms with van der Waals surface area (Å²) >= 11 is 0. The summed E-state index contributed by atoms with van der Waals surface area (Å²) in [6, 6.07) is 5.18. The number of carbonyl (C=O) groups is 2. The summed E-state index contributed by atoms with van der Waals surface area (Å²) in [5.41, 5.74) is 7.85. The Kier molecular flexibility index (Phi) is 4.92. The zero-order valence-electron chi connectivity index (χ0n) is 11.9. The minimum Gasteiger partial charge on any atom is -0.399 e. The number of benzene rings is 1. The van der Waals surface area contributed by atoms with Crippen molar-refractivity contribution in [2.45, 2.75) is 13.8 Å². The van der Waals surface area contributed by atoms with Crippen molar-refractivity contribution < 1.29 is 9.59 Å². The van der Waals surface area contributed by atoms with E-state index in [0.717, 1.165) is 5.56 Å². The van der Waals surface area contributed by atoms with Gasteiger partial charge in [-0.3, -0.25) is 9.59 Å². The van der Waals surface area contributed by atoms with Crippen LogP contribution in [0.4, 0.5) is 5.69 Å². The molecule has 1 aromatic carbocycles. The highest BCUT2D eigenvalue weighted by Crippen LogP contribution is 2.14. The molecule has 0 bridgehead atoms. The molecule has 0 aliphatic heterocycles. The first-order chi connectivity index (χ1) is 8.86. The Labute approximate surface area is 113 Å². The van der Waals surface area contributed by atoms with Gasteiger partial charge in [0.25, 0.3) is 5.91 Å². The van der Waals surface area contributed by atoms with Crippen LogP contribution < -0.4 is 11.1 Å². The van der Waals surface area contributed by atoms with E-state index in [4.69, 9.17) is 5.73 Å². The summed E-state index contributed by atoms with van der Waals surface area (Å²) in [6.45, 7) is 4.03. The van der Waals surface area contributed by atoms with Gasteiger partial charge in [-0.25, -0.2) is 0 Å². The lowest BCUT2D eigenvalue weighted by Crippen LogP contribution is -2.37. The number of nitrogens with zero attached hydrogens (tertiary/aromatic N) is 1. The molecule has 0 spiro atoms. The van der Waals surface area contributed by atoms with Gasteiger partial charge in [0.05, 0.1) is 5.92 Å². The normalized spacial score (nSPS) is 11.8. The average Bonchev–Trinajstić information content (AvgIpc) is 2.39. The first-order valence-corrected chi connectivity index (χ1v) is 6.20. The maximum absolute atomic E-state index is 12.2. The van der Waals surface area contributed by atoms with Crippen molar-refractivity contribution in [3.63, 3.8) is 0 Å². The summed E-state index contributed by atoms with van der Waals surface area (Å²) in [7, 11) is 3.28. The number of nitrogens with one attached hydrogen (secondary N) is 1. The maximum atomic E-state index is 12.2. The number of carbonyl (C=O) groups excluding carboxylic acids is 2. The second-order valence-corrected chi connectivity index (χ2v) is 4.77. The van der Waals surface area contributed by atoms with E-state index in [9.17, 15) is 9.59 Å². The fourth-order valence-corrected chi connectivity index (χ4v) is 1.85. The summed E-state index contributed by atoms with van der Waals surface area (Å²) < 4.78 is 0. The van der Waals surface area contributed by atoms with Gasteiger partial charge in [0.1, 0.15) is 0 Å². The molecular weight excluding hydrogens is 242 g/mol. The van der Waals surface area contributed by atoms with Crippen LogP contribution in [0.25, 0.3) is 0 Å². The smallest absolute Gasteiger partial charge is 0.253 e. The number of hydrogen-bond donors (Lipinski definition) is 2. The fourth-order valence-electron chi connectivity index (χ4n) is 1.85. The van der Waals surface area contributed by atoms with E-state index in [1.807, 2.05) is 6.92 Å². The third-order valence-corrected chi connectivity index (χ3v) is 3.11. The monoisotopic (exact) mass is 263 g/mol. The van der Waals surface area contributed by atoms with E-state index in [0.29, 0.717) is 17.8 Å². The van der Waals surface area contributed by atoms with Crippen molar-refractivity contribution in [2.75, 3.05) is 26.4 Å². The zero-order chi connectivity index (χ0) is 14.6. The molecule has 1 atom stereocenters. The minimum absolute atomic E-state index is 0.0758. The average molecular weight is 263 g/mol. The highest BCUT2D eigenvalue weighted by atomic mass is 16.2. The molecule has 1 rings (SSSR count). The predicted octanol–water partition coefficient (Wildman–Crippen LogP) is 1.03. The van der Waals surface area contributed by atoms with Crippen LogP contribution >= 0.6 is 0 Å². The molecule has 0 aliphatic carbocycles. The molecule has 104 valence electrons. The molecule has 1 aromatic rings. The molecule has 2 amide bonds. The van der Waals surface area contributed by atoms with Crippen LogP contribution in [0, 0.1) is 12.8 Å². The van der Waals surface area contributed by atoms with Gasteiger partial charge < -0.3 is 16.0 Å². The van der Waals surface area contributed by atoms with Crippen molar-refractivity contribution >= 4 is 17.5 Å². The maximum Gasteiger partial charge on any atom is 0.253 e. The molecule has 19 heavy (non-hydrogen) atoms. The lowest BCUT2D eigenvalue weighted by atomic mass is 10.1. The Balaban J connectivity index is 2.76. The van der Waals surface area contributed by atoms with Crippen molar-refractivity contribution in [2.24, 2.45) is 5.92 Å². The largest absolute Gasteiger partial charge is 0.399 e. The van der Waals surface area contributed by atoms with Gasteiger partial charge in [0, 0.05) is 31.9 Å². The van der Waals surface area contributed by atoms with E-state index in [1.54, 1.807) is 44.1 Å². The van der Waals surface area contributed by atoms with Crippen LogP contribution in [0.15, 0.2) is 18.2 Å². The van der Waals surface area contributed by atoms with Crippen molar-refractivity contribution in [3.05, 3.63) is 29.3 Å². The predicted molar refractivity (Wildman–Crippen MR) is 75.8 cm³/mol. The third-order valence-electron chi connectivity index (χ3n) is 3.11. The number of nitrogen functional groups attached to an aromatic ring is 1. The molecule has 5 heteroatoms. The SMILES string of the molecule is CNC(=O)C(C)CN(C)C(=O)c1ccc(N)c(C)c1. The number of rotatable bonds is 4. The summed E-state index contributed by atoms with van der Waals surface area (Å²) in [4.78, 5) is 25.2. The molecule has 3 N–H and O–H groups in total. The Morgan fingerprint density at radius 1 is 1.42 bits per heavy atom. The Bertz CT molecular complexity index is 486. The molecule has 1 unspecified atom stereocenters. The third kappa shape index (κ3) is 3.71. The van der Waals surface area contributed by atoms with Gasteiger partial charge in [-0.05, 0) is 30.7 Å². The van der Waals surface area contributed by atoms with Crippen molar-refractivity contribution in [3.8, 4) is 0 Å². The lowest BCUT2D eigenvalue weighted by Gasteiger charge is -2.21. The highest BCUT2D eigenvalue weighted by Gasteiger charge is 2.18. The van der Waals surface area contributed by atoms with E-state index in [1.165, 1.54) is 0 Å². The van der Waals surface area contributed by atoms with Crippen LogP contribution in [-0.4, -0.2) is 37.4 Å². The first kappa shape index (κ1) is 15.0. The van der Waals surface area contributed by atoms with Crippen LogP contribution in [0.3, 0.4) is 0 Å². The quantitative estimate of drug-likeness (QED) is 0.797. The Hall–Kier alpha value is -2.04. The van der Waals surface area contributed by atoms with Gasteiger partial charge in [-0.15, -0.1) is 0 Å². The molecule has 0 saturated heterocycles. The number of nitrogens with two attached hydrogens (primary N) is 1. The summed E-state index contributed by atoms with van der Waals surface area (Å²) in [6.07, 6.45) is 0. The van der Waals surface area contributed by atoms with Crippen molar-refractivity contribution in [1.82, 2.24) is 10.2 Å². The van der Waals surface area contributed by atoms with E-state index in [2.05, 4.69) is 5.32 Å². The fraction of sp³-hybridized carbons (Fsp3) is 0.429. The standard InChI is InChI=1S/C14H21N3O2/c1-9-7-11(5-6-12(9)15)14(19)17(4)8-10(2)13(18)16-3/h5-7,10H,8,15H2,1-4H3,(H,16,18). The van der Waals surface area contributed by atoms with Gasteiger partial charge in [0.15, 0.2) is 0 Å². The van der Waals surface area contributed by atoms with Gasteiger partial charge in [-0.2, -0.15) is 0 Å². The molecule has 0 saturated carbocycles. The topological polar surface area (TPSA) is 75.4 Å². The highest BCUT2D eigenvalue weighted by molar-refractivity contribution is 5.95. The van der Waals surface area contributed by atoms with Gasteiger partial charge in [-0.1, -0.05) is 6.92 Å². The number of amides is 2. The number of anilines is 1. The zero-order valence-corrected chi connectivity index (χ0v) is 11.9. The van der Waals surface area contributed by atoms with Crippen LogP contribution in [0.1, 0.15) is 22.8 Å². The molecule has 0 radical (unpaired) electrons. The summed E-state index contributed by atoms with van der Waals surface area (Å²) in [5.74, 6) is -0.430. The second-order valence-electron chi connectivity index (χ2n) is 4.77. The van der Waals surface area contributed by atoms with Crippen LogP contribution in [0.5, 0.6) is 0 Å². The van der Waals surface area contributed by atoms with Crippen molar-refractivity contribution in [1.29, 1.82) is 0 Å². The Morgan fingerprint density at radius 2 is 2.05 bits per heavy atom. The molecule has 0 aromatic heterocycles. The molecule has 0 fully saturated rings. The molecular formula is C14H21N3O2. The molecule has 0 aliphatic rings. The number of hydrogen-bond acceptors (Lipinski definition) is 3. The molecule has 5 nitrogen and oxygen atoms in total. The first-order valence-electron chi connectivity index (χ1n) is 6.20. The van der Waals surface area contributed by atoms with E-state index >= 15 is 0 Å². The summed E-state index contributed by atoms with van der Waals surface area (Å²) in [5, 5.41) is 2.57. The number of aryl methyl sites for hydroxylation is 1. The molecule has 0 heterocycles.